The van der Waals surface area contributed by atoms with E-state index in [1.807, 2.05) is 6.07 Å². The summed E-state index contributed by atoms with van der Waals surface area (Å²) in [6.07, 6.45) is 14.6. The number of likely N-dealkylation sites (tertiary alicyclic amines) is 1. The van der Waals surface area contributed by atoms with Gasteiger partial charge in [0.15, 0.2) is 5.82 Å². The van der Waals surface area contributed by atoms with Gasteiger partial charge < -0.3 is 26.2 Å². The van der Waals surface area contributed by atoms with Crippen LogP contribution < -0.4 is 26.2 Å². The summed E-state index contributed by atoms with van der Waals surface area (Å²) in [6, 6.07) is 5.71. The number of carbonyl (C=O) groups is 1. The van der Waals surface area contributed by atoms with Crippen LogP contribution in [0.2, 0.25) is 0 Å². The van der Waals surface area contributed by atoms with Gasteiger partial charge >= 0.3 is 6.03 Å². The summed E-state index contributed by atoms with van der Waals surface area (Å²) in [5.41, 5.74) is 1.21. The van der Waals surface area contributed by atoms with Gasteiger partial charge in [-0.05, 0) is 44.6 Å². The van der Waals surface area contributed by atoms with Gasteiger partial charge in [0.05, 0.1) is 25.2 Å². The van der Waals surface area contributed by atoms with Crippen LogP contribution in [-0.4, -0.2) is 63.5 Å². The molecule has 4 aliphatic rings. The lowest BCUT2D eigenvalue weighted by Crippen LogP contribution is -3.12. The van der Waals surface area contributed by atoms with Gasteiger partial charge in [0, 0.05) is 55.2 Å². The molecular formula is C26H40N9O+. The Morgan fingerprint density at radius 1 is 0.917 bits per heavy atom. The zero-order valence-electron chi connectivity index (χ0n) is 21.1. The van der Waals surface area contributed by atoms with Crippen molar-refractivity contribution in [2.45, 2.75) is 101 Å². The van der Waals surface area contributed by atoms with Gasteiger partial charge in [0.2, 0.25) is 5.95 Å². The Hall–Kier alpha value is -2.88. The molecule has 6 N–H and O–H groups in total. The third-order valence-corrected chi connectivity index (χ3v) is 8.51. The largest absolute Gasteiger partial charge is 0.351 e. The summed E-state index contributed by atoms with van der Waals surface area (Å²) in [5.74, 6) is 2.76. The molecule has 3 heterocycles. The first kappa shape index (κ1) is 23.5. The van der Waals surface area contributed by atoms with Crippen LogP contribution in [0.3, 0.4) is 0 Å². The Balaban J connectivity index is 0.934. The second kappa shape index (κ2) is 10.6. The minimum atomic E-state index is 0.00465. The first-order valence-electron chi connectivity index (χ1n) is 14.0. The summed E-state index contributed by atoms with van der Waals surface area (Å²) in [7, 11) is 0. The highest BCUT2D eigenvalue weighted by molar-refractivity contribution is 5.74. The van der Waals surface area contributed by atoms with Crippen molar-refractivity contribution in [2.24, 2.45) is 0 Å². The van der Waals surface area contributed by atoms with Crippen molar-refractivity contribution < 1.29 is 9.69 Å². The van der Waals surface area contributed by atoms with E-state index >= 15 is 0 Å². The molecule has 194 valence electrons. The number of hydrogen-bond acceptors (Lipinski definition) is 6. The average molecular weight is 495 g/mol. The van der Waals surface area contributed by atoms with Crippen molar-refractivity contribution in [1.82, 2.24) is 30.8 Å². The first-order chi connectivity index (χ1) is 17.7. The molecule has 2 amide bonds. The molecule has 6 rings (SSSR count). The minimum absolute atomic E-state index is 0.00465. The number of nitrogens with zero attached hydrogens (tertiary/aromatic N) is 3. The Labute approximate surface area is 212 Å². The zero-order valence-corrected chi connectivity index (χ0v) is 21.1. The molecule has 2 unspecified atom stereocenters. The summed E-state index contributed by atoms with van der Waals surface area (Å²) in [4.78, 5) is 23.3. The van der Waals surface area contributed by atoms with Crippen molar-refractivity contribution >= 4 is 23.6 Å². The van der Waals surface area contributed by atoms with Crippen LogP contribution in [0.5, 0.6) is 0 Å². The predicted molar refractivity (Wildman–Crippen MR) is 139 cm³/mol. The van der Waals surface area contributed by atoms with Gasteiger partial charge in [-0.25, -0.2) is 9.78 Å². The molecule has 1 aliphatic heterocycles. The van der Waals surface area contributed by atoms with Crippen LogP contribution in [0.25, 0.3) is 0 Å². The second-order valence-corrected chi connectivity index (χ2v) is 11.3. The van der Waals surface area contributed by atoms with E-state index in [0.29, 0.717) is 23.9 Å². The van der Waals surface area contributed by atoms with Crippen molar-refractivity contribution in [3.63, 3.8) is 0 Å². The van der Waals surface area contributed by atoms with E-state index in [1.165, 1.54) is 50.8 Å². The van der Waals surface area contributed by atoms with E-state index < -0.39 is 0 Å². The van der Waals surface area contributed by atoms with E-state index in [4.69, 9.17) is 0 Å². The van der Waals surface area contributed by atoms with Crippen LogP contribution in [0.4, 0.5) is 22.4 Å². The normalized spacial score (nSPS) is 28.7. The van der Waals surface area contributed by atoms with Crippen LogP contribution in [0, 0.1) is 0 Å². The van der Waals surface area contributed by atoms with Crippen LogP contribution >= 0.6 is 0 Å². The maximum absolute atomic E-state index is 12.5. The molecule has 2 atom stereocenters. The van der Waals surface area contributed by atoms with Crippen LogP contribution in [0.15, 0.2) is 18.3 Å². The molecule has 0 spiro atoms. The Morgan fingerprint density at radius 3 is 2.50 bits per heavy atom. The molecule has 36 heavy (non-hydrogen) atoms. The smallest absolute Gasteiger partial charge is 0.315 e. The average Bonchev–Trinajstić information content (AvgIpc) is 3.25. The lowest BCUT2D eigenvalue weighted by Gasteiger charge is -2.30. The Bertz CT molecular complexity index is 1020. The molecule has 1 saturated heterocycles. The quantitative estimate of drug-likeness (QED) is 0.335. The monoisotopic (exact) mass is 494 g/mol. The number of rotatable bonds is 8. The lowest BCUT2D eigenvalue weighted by atomic mass is 9.91. The SMILES string of the molecule is O=C(NC1CCC(Nc2nccc(Nc3cc(C4CCCC4)[nH]n3)n2)CC1)NC1CC[NH+](C2CC2)C1. The molecule has 10 heteroatoms. The number of amides is 2. The van der Waals surface area contributed by atoms with Gasteiger partial charge in [-0.1, -0.05) is 12.8 Å². The van der Waals surface area contributed by atoms with E-state index in [0.717, 1.165) is 56.3 Å². The van der Waals surface area contributed by atoms with E-state index in [1.54, 1.807) is 11.1 Å². The second-order valence-electron chi connectivity index (χ2n) is 11.3. The number of aromatic nitrogens is 4. The molecule has 3 saturated carbocycles. The topological polar surface area (TPSA) is 124 Å². The van der Waals surface area contributed by atoms with Crippen molar-refractivity contribution in [1.29, 1.82) is 0 Å². The fourth-order valence-electron chi connectivity index (χ4n) is 6.32. The fraction of sp³-hybridized carbons (Fsp3) is 0.692. The van der Waals surface area contributed by atoms with Crippen LogP contribution in [-0.2, 0) is 0 Å². The molecule has 0 bridgehead atoms. The van der Waals surface area contributed by atoms with Gasteiger partial charge in [-0.2, -0.15) is 10.1 Å². The molecule has 4 fully saturated rings. The first-order valence-corrected chi connectivity index (χ1v) is 14.0. The minimum Gasteiger partial charge on any atom is -0.351 e. The summed E-state index contributed by atoms with van der Waals surface area (Å²) >= 11 is 0. The molecule has 2 aromatic rings. The van der Waals surface area contributed by atoms with E-state index in [2.05, 4.69) is 47.5 Å². The van der Waals surface area contributed by atoms with E-state index in [9.17, 15) is 4.79 Å². The van der Waals surface area contributed by atoms with Gasteiger partial charge in [0.1, 0.15) is 5.82 Å². The molecular weight excluding hydrogens is 454 g/mol. The third kappa shape index (κ3) is 5.91. The standard InChI is InChI=1S/C26H39N9O/c36-26(30-20-12-14-35(16-20)21-9-10-21)29-19-7-5-18(6-8-19)28-25-27-13-11-23(32-25)31-24-15-22(33-34-24)17-3-1-2-4-17/h11,13,15,17-21H,1-10,12,14,16H2,(H2,29,30,36)(H3,27,28,31,32,33,34)/p+1. The zero-order chi connectivity index (χ0) is 24.3. The maximum atomic E-state index is 12.5. The number of aromatic amines is 1. The highest BCUT2D eigenvalue weighted by atomic mass is 16.2. The molecule has 10 nitrogen and oxygen atoms in total. The predicted octanol–water partition coefficient (Wildman–Crippen LogP) is 2.44. The summed E-state index contributed by atoms with van der Waals surface area (Å²) < 4.78 is 0. The third-order valence-electron chi connectivity index (χ3n) is 8.51. The highest BCUT2D eigenvalue weighted by Crippen LogP contribution is 2.34. The number of urea groups is 1. The maximum Gasteiger partial charge on any atom is 0.315 e. The Kier molecular flexibility index (Phi) is 6.94. The molecule has 3 aliphatic carbocycles. The molecule has 2 aromatic heterocycles. The van der Waals surface area contributed by atoms with Gasteiger partial charge in [-0.3, -0.25) is 5.10 Å². The number of quaternary nitrogens is 1. The Morgan fingerprint density at radius 2 is 1.69 bits per heavy atom. The fourth-order valence-corrected chi connectivity index (χ4v) is 6.32. The highest BCUT2D eigenvalue weighted by Gasteiger charge is 2.39. The molecule has 0 aromatic carbocycles. The number of carbonyl (C=O) groups excluding carboxylic acids is 1. The van der Waals surface area contributed by atoms with E-state index in [-0.39, 0.29) is 12.1 Å². The molecule has 0 radical (unpaired) electrons. The number of nitrogens with one attached hydrogen (secondary N) is 6. The summed E-state index contributed by atoms with van der Waals surface area (Å²) in [5, 5.41) is 20.8. The number of anilines is 3. The number of H-pyrrole nitrogens is 1. The van der Waals surface area contributed by atoms with Crippen LogP contribution in [0.1, 0.15) is 82.2 Å². The van der Waals surface area contributed by atoms with Gasteiger partial charge in [-0.15, -0.1) is 0 Å². The lowest BCUT2D eigenvalue weighted by molar-refractivity contribution is -0.899. The van der Waals surface area contributed by atoms with Crippen molar-refractivity contribution in [2.75, 3.05) is 23.7 Å². The van der Waals surface area contributed by atoms with Crippen molar-refractivity contribution in [3.05, 3.63) is 24.0 Å². The van der Waals surface area contributed by atoms with Crippen molar-refractivity contribution in [3.8, 4) is 0 Å². The van der Waals surface area contributed by atoms with Gasteiger partial charge in [0.25, 0.3) is 0 Å². The summed E-state index contributed by atoms with van der Waals surface area (Å²) in [6.45, 7) is 2.29. The number of hydrogen-bond donors (Lipinski definition) is 6.